The van der Waals surface area contributed by atoms with E-state index >= 15 is 0 Å². The largest absolute Gasteiger partial charge is 0.381 e. The predicted molar refractivity (Wildman–Crippen MR) is 88.4 cm³/mol. The summed E-state index contributed by atoms with van der Waals surface area (Å²) in [6.07, 6.45) is 3.09. The first kappa shape index (κ1) is 16.9. The molecule has 1 aliphatic heterocycles. The normalized spacial score (nSPS) is 17.7. The first-order valence-electron chi connectivity index (χ1n) is 7.75. The van der Waals surface area contributed by atoms with E-state index in [0.717, 1.165) is 38.0 Å². The minimum Gasteiger partial charge on any atom is -0.381 e. The molecule has 1 aromatic rings. The zero-order valence-corrected chi connectivity index (χ0v) is 13.8. The van der Waals surface area contributed by atoms with E-state index in [9.17, 15) is 4.79 Å². The Hall–Kier alpha value is -1.51. The summed E-state index contributed by atoms with van der Waals surface area (Å²) >= 11 is 1.65. The smallest absolute Gasteiger partial charge is 0.233 e. The second-order valence-electron chi connectivity index (χ2n) is 5.30. The van der Waals surface area contributed by atoms with Gasteiger partial charge in [-0.1, -0.05) is 25.5 Å². The molecule has 0 bridgehead atoms. The third-order valence-electron chi connectivity index (χ3n) is 3.62. The lowest BCUT2D eigenvalue weighted by Crippen LogP contribution is -2.29. The third kappa shape index (κ3) is 4.49. The second-order valence-corrected chi connectivity index (χ2v) is 6.37. The Bertz CT molecular complexity index is 524. The van der Waals surface area contributed by atoms with Crippen LogP contribution in [0.2, 0.25) is 0 Å². The van der Waals surface area contributed by atoms with Crippen LogP contribution in [0.25, 0.3) is 0 Å². The lowest BCUT2D eigenvalue weighted by atomic mass is 10.1. The Morgan fingerprint density at radius 1 is 1.32 bits per heavy atom. The molecule has 0 radical (unpaired) electrons. The number of nitriles is 1. The molecule has 22 heavy (non-hydrogen) atoms. The van der Waals surface area contributed by atoms with Crippen LogP contribution in [0.15, 0.2) is 24.3 Å². The molecule has 1 aromatic carbocycles. The van der Waals surface area contributed by atoms with E-state index in [2.05, 4.69) is 13.0 Å². The highest BCUT2D eigenvalue weighted by molar-refractivity contribution is 8.00. The Labute approximate surface area is 136 Å². The quantitative estimate of drug-likeness (QED) is 0.690. The molecule has 0 aliphatic carbocycles. The van der Waals surface area contributed by atoms with E-state index in [4.69, 9.17) is 10.00 Å². The zero-order valence-electron chi connectivity index (χ0n) is 13.0. The molecule has 0 aromatic heterocycles. The van der Waals surface area contributed by atoms with Crippen LogP contribution in [0.1, 0.15) is 42.7 Å². The summed E-state index contributed by atoms with van der Waals surface area (Å²) in [4.78, 5) is 14.0. The molecule has 1 aliphatic rings. The van der Waals surface area contributed by atoms with Crippen molar-refractivity contribution in [2.45, 2.75) is 31.6 Å². The Balaban J connectivity index is 1.87. The first-order valence-corrected chi connectivity index (χ1v) is 8.80. The van der Waals surface area contributed by atoms with Crippen molar-refractivity contribution in [3.05, 3.63) is 35.4 Å². The maximum absolute atomic E-state index is 12.1. The lowest BCUT2D eigenvalue weighted by molar-refractivity contribution is -0.128. The maximum Gasteiger partial charge on any atom is 0.233 e. The van der Waals surface area contributed by atoms with E-state index in [1.165, 1.54) is 0 Å². The minimum atomic E-state index is 0.0656. The predicted octanol–water partition coefficient (Wildman–Crippen LogP) is 3.34. The van der Waals surface area contributed by atoms with Gasteiger partial charge in [-0.15, -0.1) is 11.8 Å². The van der Waals surface area contributed by atoms with Crippen molar-refractivity contribution in [1.29, 1.82) is 5.26 Å². The Morgan fingerprint density at radius 2 is 2.05 bits per heavy atom. The SMILES string of the molecule is CCCCOCCCN1C(=O)CSC1c1ccc(C#N)cc1. The fraction of sp³-hybridized carbons (Fsp3) is 0.529. The van der Waals surface area contributed by atoms with E-state index in [1.54, 1.807) is 11.8 Å². The van der Waals surface area contributed by atoms with Crippen LogP contribution in [-0.4, -0.2) is 36.3 Å². The van der Waals surface area contributed by atoms with Crippen molar-refractivity contribution in [3.63, 3.8) is 0 Å². The third-order valence-corrected chi connectivity index (χ3v) is 4.88. The molecule has 1 amide bonds. The van der Waals surface area contributed by atoms with Crippen molar-refractivity contribution in [2.75, 3.05) is 25.5 Å². The molecular formula is C17H22N2O2S. The Morgan fingerprint density at radius 3 is 2.73 bits per heavy atom. The summed E-state index contributed by atoms with van der Waals surface area (Å²) < 4.78 is 5.56. The van der Waals surface area contributed by atoms with E-state index in [-0.39, 0.29) is 11.3 Å². The number of nitrogens with zero attached hydrogens (tertiary/aromatic N) is 2. The van der Waals surface area contributed by atoms with Gasteiger partial charge < -0.3 is 9.64 Å². The minimum absolute atomic E-state index is 0.0656. The van der Waals surface area contributed by atoms with Gasteiger partial charge in [-0.05, 0) is 30.5 Å². The van der Waals surface area contributed by atoms with Gasteiger partial charge in [-0.25, -0.2) is 0 Å². The van der Waals surface area contributed by atoms with Crippen LogP contribution in [0.4, 0.5) is 0 Å². The van der Waals surface area contributed by atoms with Crippen LogP contribution >= 0.6 is 11.8 Å². The van der Waals surface area contributed by atoms with Gasteiger partial charge in [0, 0.05) is 19.8 Å². The van der Waals surface area contributed by atoms with Crippen LogP contribution in [0, 0.1) is 11.3 Å². The molecular weight excluding hydrogens is 296 g/mol. The van der Waals surface area contributed by atoms with Crippen LogP contribution < -0.4 is 0 Å². The fourth-order valence-electron chi connectivity index (χ4n) is 2.38. The van der Waals surface area contributed by atoms with E-state index < -0.39 is 0 Å². The summed E-state index contributed by atoms with van der Waals surface area (Å²) in [6, 6.07) is 9.63. The maximum atomic E-state index is 12.1. The number of thioether (sulfide) groups is 1. The summed E-state index contributed by atoms with van der Waals surface area (Å²) in [5.41, 5.74) is 1.73. The van der Waals surface area contributed by atoms with Crippen LogP contribution in [0.5, 0.6) is 0 Å². The molecule has 0 spiro atoms. The number of rotatable bonds is 8. The molecule has 118 valence electrons. The number of hydrogen-bond donors (Lipinski definition) is 0. The Kier molecular flexibility index (Phi) is 6.75. The monoisotopic (exact) mass is 318 g/mol. The van der Waals surface area contributed by atoms with Gasteiger partial charge >= 0.3 is 0 Å². The van der Waals surface area contributed by atoms with Crippen molar-refractivity contribution in [2.24, 2.45) is 0 Å². The van der Waals surface area contributed by atoms with Gasteiger partial charge in [0.2, 0.25) is 5.91 Å². The van der Waals surface area contributed by atoms with Crippen molar-refractivity contribution in [3.8, 4) is 6.07 Å². The molecule has 1 heterocycles. The summed E-state index contributed by atoms with van der Waals surface area (Å²) in [6.45, 7) is 4.38. The lowest BCUT2D eigenvalue weighted by Gasteiger charge is -2.24. The van der Waals surface area contributed by atoms with Gasteiger partial charge in [0.25, 0.3) is 0 Å². The van der Waals surface area contributed by atoms with E-state index in [0.29, 0.717) is 17.9 Å². The number of carbonyl (C=O) groups excluding carboxylic acids is 1. The zero-order chi connectivity index (χ0) is 15.8. The van der Waals surface area contributed by atoms with Gasteiger partial charge in [0.15, 0.2) is 0 Å². The molecule has 1 fully saturated rings. The van der Waals surface area contributed by atoms with Gasteiger partial charge in [0.05, 0.1) is 17.4 Å². The van der Waals surface area contributed by atoms with E-state index in [1.807, 2.05) is 29.2 Å². The number of ether oxygens (including phenoxy) is 1. The fourth-order valence-corrected chi connectivity index (χ4v) is 3.60. The number of carbonyl (C=O) groups is 1. The standard InChI is InChI=1S/C17H22N2O2S/c1-2-3-10-21-11-4-9-19-16(20)13-22-17(19)15-7-5-14(12-18)6-8-15/h5-8,17H,2-4,9-11,13H2,1H3. The highest BCUT2D eigenvalue weighted by Crippen LogP contribution is 2.38. The van der Waals surface area contributed by atoms with Gasteiger partial charge in [-0.3, -0.25) is 4.79 Å². The van der Waals surface area contributed by atoms with Crippen LogP contribution in [0.3, 0.4) is 0 Å². The number of unbranched alkanes of at least 4 members (excludes halogenated alkanes) is 1. The first-order chi connectivity index (χ1) is 10.8. The number of amides is 1. The average Bonchev–Trinajstić information content (AvgIpc) is 2.92. The molecule has 5 heteroatoms. The summed E-state index contributed by atoms with van der Waals surface area (Å²) in [7, 11) is 0. The van der Waals surface area contributed by atoms with Crippen LogP contribution in [-0.2, 0) is 9.53 Å². The molecule has 0 saturated carbocycles. The molecule has 0 N–H and O–H groups in total. The van der Waals surface area contributed by atoms with Gasteiger partial charge in [0.1, 0.15) is 5.37 Å². The molecule has 1 unspecified atom stereocenters. The second kappa shape index (κ2) is 8.82. The number of hydrogen-bond acceptors (Lipinski definition) is 4. The highest BCUT2D eigenvalue weighted by Gasteiger charge is 2.32. The topological polar surface area (TPSA) is 53.3 Å². The van der Waals surface area contributed by atoms with Gasteiger partial charge in [-0.2, -0.15) is 5.26 Å². The number of benzene rings is 1. The summed E-state index contributed by atoms with van der Waals surface area (Å²) in [5.74, 6) is 0.717. The highest BCUT2D eigenvalue weighted by atomic mass is 32.2. The van der Waals surface area contributed by atoms with Crippen molar-refractivity contribution < 1.29 is 9.53 Å². The molecule has 1 saturated heterocycles. The molecule has 2 rings (SSSR count). The molecule has 4 nitrogen and oxygen atoms in total. The summed E-state index contributed by atoms with van der Waals surface area (Å²) in [5, 5.41) is 8.92. The van der Waals surface area contributed by atoms with Crippen molar-refractivity contribution >= 4 is 17.7 Å². The molecule has 1 atom stereocenters. The average molecular weight is 318 g/mol. The van der Waals surface area contributed by atoms with Crippen molar-refractivity contribution in [1.82, 2.24) is 4.90 Å².